The van der Waals surface area contributed by atoms with E-state index in [-0.39, 0.29) is 29.1 Å². The molecule has 2 rings (SSSR count). The van der Waals surface area contributed by atoms with Gasteiger partial charge in [0.25, 0.3) is 0 Å². The summed E-state index contributed by atoms with van der Waals surface area (Å²) in [5, 5.41) is 9.88. The van der Waals surface area contributed by atoms with E-state index in [9.17, 15) is 14.7 Å². The third kappa shape index (κ3) is 1.95. The minimum absolute atomic E-state index is 0.00617. The second-order valence-corrected chi connectivity index (χ2v) is 3.78. The normalized spacial score (nSPS) is 10.6. The van der Waals surface area contributed by atoms with E-state index in [1.165, 1.54) is 12.1 Å². The summed E-state index contributed by atoms with van der Waals surface area (Å²) >= 11 is 0. The van der Waals surface area contributed by atoms with Gasteiger partial charge in [-0.1, -0.05) is 0 Å². The fraction of sp³-hybridized carbons (Fsp3) is 0.231. The Morgan fingerprint density at radius 1 is 1.44 bits per heavy atom. The van der Waals surface area contributed by atoms with Crippen molar-refractivity contribution in [3.63, 3.8) is 0 Å². The van der Waals surface area contributed by atoms with Crippen molar-refractivity contribution in [2.24, 2.45) is 0 Å². The highest BCUT2D eigenvalue weighted by atomic mass is 16.5. The largest absolute Gasteiger partial charge is 0.508 e. The first-order chi connectivity index (χ1) is 8.54. The topological polar surface area (TPSA) is 76.7 Å². The number of hydrogen-bond acceptors (Lipinski definition) is 5. The molecule has 0 spiro atoms. The predicted molar refractivity (Wildman–Crippen MR) is 64.8 cm³/mol. The molecule has 0 unspecified atom stereocenters. The second kappa shape index (κ2) is 4.52. The number of hydrogen-bond donors (Lipinski definition) is 1. The summed E-state index contributed by atoms with van der Waals surface area (Å²) in [6.45, 7) is 3.46. The molecule has 18 heavy (non-hydrogen) atoms. The average molecular weight is 248 g/mol. The summed E-state index contributed by atoms with van der Waals surface area (Å²) in [7, 11) is 0. The molecule has 1 heterocycles. The van der Waals surface area contributed by atoms with Crippen molar-refractivity contribution < 1.29 is 19.1 Å². The van der Waals surface area contributed by atoms with Crippen LogP contribution in [-0.2, 0) is 4.74 Å². The summed E-state index contributed by atoms with van der Waals surface area (Å²) < 4.78 is 10.1. The fourth-order valence-electron chi connectivity index (χ4n) is 1.65. The molecule has 0 fully saturated rings. The number of carbonyl (C=O) groups is 1. The lowest BCUT2D eigenvalue weighted by Crippen LogP contribution is -2.10. The smallest absolute Gasteiger partial charge is 0.374 e. The molecule has 94 valence electrons. The molecule has 1 aromatic heterocycles. The number of fused-ring (bicyclic) bond motifs is 1. The van der Waals surface area contributed by atoms with Crippen LogP contribution in [0.25, 0.3) is 11.0 Å². The zero-order valence-corrected chi connectivity index (χ0v) is 10.0. The average Bonchev–Trinajstić information content (AvgIpc) is 2.34. The number of aryl methyl sites for hydroxylation is 1. The first-order valence-electron chi connectivity index (χ1n) is 5.48. The van der Waals surface area contributed by atoms with Gasteiger partial charge in [-0.25, -0.2) is 4.79 Å². The molecule has 0 aliphatic heterocycles. The number of esters is 1. The van der Waals surface area contributed by atoms with Gasteiger partial charge in [-0.3, -0.25) is 4.79 Å². The van der Waals surface area contributed by atoms with E-state index >= 15 is 0 Å². The van der Waals surface area contributed by atoms with Crippen molar-refractivity contribution >= 4 is 16.9 Å². The van der Waals surface area contributed by atoms with Gasteiger partial charge >= 0.3 is 5.97 Å². The minimum Gasteiger partial charge on any atom is -0.508 e. The van der Waals surface area contributed by atoms with Crippen molar-refractivity contribution in [3.05, 3.63) is 39.7 Å². The highest BCUT2D eigenvalue weighted by Crippen LogP contribution is 2.25. The number of phenols is 1. The Hall–Kier alpha value is -2.30. The summed E-state index contributed by atoms with van der Waals surface area (Å²) in [5.41, 5.74) is 0.267. The van der Waals surface area contributed by atoms with Crippen LogP contribution in [-0.4, -0.2) is 17.7 Å². The Morgan fingerprint density at radius 3 is 2.83 bits per heavy atom. The van der Waals surface area contributed by atoms with Gasteiger partial charge in [-0.05, 0) is 26.0 Å². The minimum atomic E-state index is -0.695. The van der Waals surface area contributed by atoms with Crippen molar-refractivity contribution in [1.29, 1.82) is 0 Å². The molecule has 0 aliphatic rings. The molecule has 5 heteroatoms. The number of ether oxygens (including phenoxy) is 1. The van der Waals surface area contributed by atoms with Crippen molar-refractivity contribution in [3.8, 4) is 5.75 Å². The highest BCUT2D eigenvalue weighted by molar-refractivity contribution is 5.90. The number of aromatic hydroxyl groups is 1. The van der Waals surface area contributed by atoms with E-state index in [1.54, 1.807) is 13.8 Å². The summed E-state index contributed by atoms with van der Waals surface area (Å²) in [4.78, 5) is 23.3. The van der Waals surface area contributed by atoms with E-state index in [0.717, 1.165) is 6.07 Å². The molecule has 0 bridgehead atoms. The molecular weight excluding hydrogens is 236 g/mol. The molecule has 0 amide bonds. The van der Waals surface area contributed by atoms with Gasteiger partial charge in [0.15, 0.2) is 5.43 Å². The van der Waals surface area contributed by atoms with E-state index < -0.39 is 5.97 Å². The fourth-order valence-corrected chi connectivity index (χ4v) is 1.65. The Balaban J connectivity index is 2.71. The lowest BCUT2D eigenvalue weighted by atomic mass is 10.1. The van der Waals surface area contributed by atoms with Gasteiger partial charge in [-0.15, -0.1) is 0 Å². The lowest BCUT2D eigenvalue weighted by molar-refractivity contribution is 0.0490. The number of phenolic OH excluding ortho intramolecular Hbond substituents is 1. The second-order valence-electron chi connectivity index (χ2n) is 3.78. The van der Waals surface area contributed by atoms with Gasteiger partial charge in [0.2, 0.25) is 5.76 Å². The molecule has 0 atom stereocenters. The molecule has 1 N–H and O–H groups in total. The standard InChI is InChI=1S/C13H12O5/c1-3-17-13(16)11-6-10(15)8-4-5-9(14)7(2)12(8)18-11/h4-6,14H,3H2,1-2H3. The van der Waals surface area contributed by atoms with Crippen molar-refractivity contribution in [2.75, 3.05) is 6.61 Å². The summed E-state index contributed by atoms with van der Waals surface area (Å²) in [5.74, 6) is -0.853. The van der Waals surface area contributed by atoms with Crippen LogP contribution in [0.5, 0.6) is 5.75 Å². The Bertz CT molecular complexity index is 669. The van der Waals surface area contributed by atoms with Crippen molar-refractivity contribution in [1.82, 2.24) is 0 Å². The molecule has 0 radical (unpaired) electrons. The number of carbonyl (C=O) groups excluding carboxylic acids is 1. The summed E-state index contributed by atoms with van der Waals surface area (Å²) in [6.07, 6.45) is 0. The SMILES string of the molecule is CCOC(=O)c1cc(=O)c2ccc(O)c(C)c2o1. The highest BCUT2D eigenvalue weighted by Gasteiger charge is 2.15. The van der Waals surface area contributed by atoms with E-state index in [1.807, 2.05) is 0 Å². The third-order valence-corrected chi connectivity index (χ3v) is 2.59. The molecule has 1 aromatic carbocycles. The predicted octanol–water partition coefficient (Wildman–Crippen LogP) is 1.98. The lowest BCUT2D eigenvalue weighted by Gasteiger charge is -2.05. The molecule has 0 aliphatic carbocycles. The maximum atomic E-state index is 11.8. The van der Waals surface area contributed by atoms with E-state index in [0.29, 0.717) is 10.9 Å². The maximum Gasteiger partial charge on any atom is 0.374 e. The summed E-state index contributed by atoms with van der Waals surface area (Å²) in [6, 6.07) is 3.97. The van der Waals surface area contributed by atoms with E-state index in [4.69, 9.17) is 9.15 Å². The van der Waals surface area contributed by atoms with Gasteiger partial charge in [0.1, 0.15) is 11.3 Å². The molecule has 0 saturated carbocycles. The molecular formula is C13H12O5. The quantitative estimate of drug-likeness (QED) is 0.822. The first-order valence-corrected chi connectivity index (χ1v) is 5.48. The molecule has 2 aromatic rings. The molecule has 5 nitrogen and oxygen atoms in total. The number of rotatable bonds is 2. The van der Waals surface area contributed by atoms with E-state index in [2.05, 4.69) is 0 Å². The van der Waals surface area contributed by atoms with Crippen LogP contribution in [0.15, 0.2) is 27.4 Å². The van der Waals surface area contributed by atoms with Gasteiger partial charge in [0.05, 0.1) is 12.0 Å². The Morgan fingerprint density at radius 2 is 2.17 bits per heavy atom. The zero-order valence-electron chi connectivity index (χ0n) is 10.0. The Kier molecular flexibility index (Phi) is 3.06. The zero-order chi connectivity index (χ0) is 13.3. The van der Waals surface area contributed by atoms with Crippen LogP contribution >= 0.6 is 0 Å². The van der Waals surface area contributed by atoms with Crippen LogP contribution in [0, 0.1) is 6.92 Å². The van der Waals surface area contributed by atoms with Crippen LogP contribution in [0.2, 0.25) is 0 Å². The van der Waals surface area contributed by atoms with Crippen LogP contribution in [0.4, 0.5) is 0 Å². The van der Waals surface area contributed by atoms with Gasteiger partial charge in [-0.2, -0.15) is 0 Å². The molecule has 0 saturated heterocycles. The number of benzene rings is 1. The van der Waals surface area contributed by atoms with Crippen LogP contribution in [0.3, 0.4) is 0 Å². The first kappa shape index (κ1) is 12.2. The van der Waals surface area contributed by atoms with Gasteiger partial charge in [0, 0.05) is 11.6 Å². The third-order valence-electron chi connectivity index (χ3n) is 2.59. The Labute approximate surface area is 103 Å². The van der Waals surface area contributed by atoms with Gasteiger partial charge < -0.3 is 14.3 Å². The maximum absolute atomic E-state index is 11.8. The van der Waals surface area contributed by atoms with Crippen molar-refractivity contribution in [2.45, 2.75) is 13.8 Å². The van der Waals surface area contributed by atoms with Crippen LogP contribution < -0.4 is 5.43 Å². The monoisotopic (exact) mass is 248 g/mol. The van der Waals surface area contributed by atoms with Crippen LogP contribution in [0.1, 0.15) is 23.0 Å².